The van der Waals surface area contributed by atoms with Gasteiger partial charge in [-0.15, -0.1) is 0 Å². The Morgan fingerprint density at radius 1 is 1.23 bits per heavy atom. The van der Waals surface area contributed by atoms with E-state index < -0.39 is 4.92 Å². The van der Waals surface area contributed by atoms with E-state index in [1.807, 2.05) is 31.2 Å². The first-order valence-corrected chi connectivity index (χ1v) is 6.80. The summed E-state index contributed by atoms with van der Waals surface area (Å²) in [4.78, 5) is 22.0. The number of carbonyl (C=O) groups is 1. The maximum Gasteiger partial charge on any atom is 0.269 e. The molecule has 5 heteroatoms. The molecule has 2 rings (SSSR count). The SMILES string of the molecule is Cc1ccc(C=CC(=O)NCc2cccc([N+](=O)[O-])c2)cc1. The number of nitrogens with zero attached hydrogens (tertiary/aromatic N) is 1. The third-order valence-corrected chi connectivity index (χ3v) is 3.09. The molecule has 0 unspecified atom stereocenters. The molecule has 0 bridgehead atoms. The second kappa shape index (κ2) is 7.17. The second-order valence-electron chi connectivity index (χ2n) is 4.89. The maximum atomic E-state index is 11.7. The van der Waals surface area contributed by atoms with Gasteiger partial charge in [0, 0.05) is 24.8 Å². The number of rotatable bonds is 5. The molecule has 0 saturated heterocycles. The minimum absolute atomic E-state index is 0.0157. The van der Waals surface area contributed by atoms with Gasteiger partial charge in [-0.2, -0.15) is 0 Å². The van der Waals surface area contributed by atoms with Gasteiger partial charge in [0.15, 0.2) is 0 Å². The van der Waals surface area contributed by atoms with Crippen molar-refractivity contribution in [2.75, 3.05) is 0 Å². The fourth-order valence-electron chi connectivity index (χ4n) is 1.88. The summed E-state index contributed by atoms with van der Waals surface area (Å²) in [6.45, 7) is 2.25. The molecule has 0 atom stereocenters. The van der Waals surface area contributed by atoms with Crippen LogP contribution in [0.5, 0.6) is 0 Å². The summed E-state index contributed by atoms with van der Waals surface area (Å²) in [6.07, 6.45) is 3.17. The topological polar surface area (TPSA) is 72.2 Å². The molecule has 0 aromatic heterocycles. The summed E-state index contributed by atoms with van der Waals surface area (Å²) >= 11 is 0. The van der Waals surface area contributed by atoms with Crippen LogP contribution in [-0.4, -0.2) is 10.8 Å². The Bertz CT molecular complexity index is 706. The summed E-state index contributed by atoms with van der Waals surface area (Å²) in [7, 11) is 0. The van der Waals surface area contributed by atoms with E-state index >= 15 is 0 Å². The van der Waals surface area contributed by atoms with Crippen molar-refractivity contribution in [1.29, 1.82) is 0 Å². The molecular formula is C17H16N2O3. The van der Waals surface area contributed by atoms with Crippen LogP contribution < -0.4 is 5.32 Å². The molecule has 0 aliphatic carbocycles. The van der Waals surface area contributed by atoms with Crippen LogP contribution >= 0.6 is 0 Å². The number of nitrogens with one attached hydrogen (secondary N) is 1. The molecule has 5 nitrogen and oxygen atoms in total. The lowest BCUT2D eigenvalue weighted by atomic mass is 10.1. The van der Waals surface area contributed by atoms with Crippen molar-refractivity contribution in [3.8, 4) is 0 Å². The van der Waals surface area contributed by atoms with Crippen LogP contribution in [0.15, 0.2) is 54.6 Å². The summed E-state index contributed by atoms with van der Waals surface area (Å²) in [5.41, 5.74) is 2.80. The van der Waals surface area contributed by atoms with Crippen molar-refractivity contribution in [3.05, 3.63) is 81.4 Å². The number of benzene rings is 2. The molecule has 0 aliphatic heterocycles. The van der Waals surface area contributed by atoms with Gasteiger partial charge in [-0.25, -0.2) is 0 Å². The molecule has 22 heavy (non-hydrogen) atoms. The molecule has 2 aromatic carbocycles. The van der Waals surface area contributed by atoms with Gasteiger partial charge in [0.05, 0.1) is 4.92 Å². The number of hydrogen-bond acceptors (Lipinski definition) is 3. The predicted molar refractivity (Wildman–Crippen MR) is 85.2 cm³/mol. The van der Waals surface area contributed by atoms with Crippen LogP contribution in [0.1, 0.15) is 16.7 Å². The van der Waals surface area contributed by atoms with E-state index in [4.69, 9.17) is 0 Å². The average Bonchev–Trinajstić information content (AvgIpc) is 2.52. The standard InChI is InChI=1S/C17H16N2O3/c1-13-5-7-14(8-6-13)9-10-17(20)18-12-15-3-2-4-16(11-15)19(21)22/h2-11H,12H2,1H3,(H,18,20). The normalized spacial score (nSPS) is 10.6. The monoisotopic (exact) mass is 296 g/mol. The van der Waals surface area contributed by atoms with E-state index in [0.717, 1.165) is 11.1 Å². The largest absolute Gasteiger partial charge is 0.348 e. The lowest BCUT2D eigenvalue weighted by Gasteiger charge is -2.02. The molecule has 0 heterocycles. The molecule has 0 fully saturated rings. The smallest absolute Gasteiger partial charge is 0.269 e. The minimum Gasteiger partial charge on any atom is -0.348 e. The number of nitro benzene ring substituents is 1. The van der Waals surface area contributed by atoms with Gasteiger partial charge in [0.1, 0.15) is 0 Å². The Balaban J connectivity index is 1.91. The van der Waals surface area contributed by atoms with Crippen molar-refractivity contribution in [2.45, 2.75) is 13.5 Å². The van der Waals surface area contributed by atoms with Gasteiger partial charge in [0.2, 0.25) is 5.91 Å². The first-order chi connectivity index (χ1) is 10.5. The van der Waals surface area contributed by atoms with E-state index in [1.165, 1.54) is 18.2 Å². The van der Waals surface area contributed by atoms with Gasteiger partial charge in [-0.05, 0) is 24.1 Å². The molecule has 0 spiro atoms. The Labute approximate surface area is 128 Å². The number of nitro groups is 1. The van der Waals surface area contributed by atoms with E-state index in [9.17, 15) is 14.9 Å². The molecular weight excluding hydrogens is 280 g/mol. The molecule has 112 valence electrons. The van der Waals surface area contributed by atoms with Crippen LogP contribution in [0, 0.1) is 17.0 Å². The Kier molecular flexibility index (Phi) is 5.03. The van der Waals surface area contributed by atoms with Gasteiger partial charge in [-0.1, -0.05) is 42.0 Å². The van der Waals surface area contributed by atoms with Gasteiger partial charge < -0.3 is 5.32 Å². The third-order valence-electron chi connectivity index (χ3n) is 3.09. The highest BCUT2D eigenvalue weighted by molar-refractivity contribution is 5.91. The van der Waals surface area contributed by atoms with Gasteiger partial charge >= 0.3 is 0 Å². The minimum atomic E-state index is -0.456. The molecule has 0 aliphatic rings. The summed E-state index contributed by atoms with van der Waals surface area (Å²) in [5.74, 6) is -0.243. The van der Waals surface area contributed by atoms with Crippen LogP contribution in [0.4, 0.5) is 5.69 Å². The summed E-state index contributed by atoms with van der Waals surface area (Å²) in [5, 5.41) is 13.4. The predicted octanol–water partition coefficient (Wildman–Crippen LogP) is 3.23. The first kappa shape index (κ1) is 15.4. The van der Waals surface area contributed by atoms with Gasteiger partial charge in [-0.3, -0.25) is 14.9 Å². The van der Waals surface area contributed by atoms with Crippen molar-refractivity contribution in [2.24, 2.45) is 0 Å². The van der Waals surface area contributed by atoms with Crippen LogP contribution in [-0.2, 0) is 11.3 Å². The maximum absolute atomic E-state index is 11.7. The quantitative estimate of drug-likeness (QED) is 0.523. The van der Waals surface area contributed by atoms with Crippen LogP contribution in [0.2, 0.25) is 0 Å². The fraction of sp³-hybridized carbons (Fsp3) is 0.118. The highest BCUT2D eigenvalue weighted by Crippen LogP contribution is 2.12. The Morgan fingerprint density at radius 3 is 2.64 bits per heavy atom. The third kappa shape index (κ3) is 4.56. The Morgan fingerprint density at radius 2 is 1.95 bits per heavy atom. The number of aryl methyl sites for hydroxylation is 1. The average molecular weight is 296 g/mol. The van der Waals surface area contributed by atoms with Crippen molar-refractivity contribution < 1.29 is 9.72 Å². The fourth-order valence-corrected chi connectivity index (χ4v) is 1.88. The van der Waals surface area contributed by atoms with Gasteiger partial charge in [0.25, 0.3) is 5.69 Å². The molecule has 0 saturated carbocycles. The number of non-ortho nitro benzene ring substituents is 1. The molecule has 1 N–H and O–H groups in total. The van der Waals surface area contributed by atoms with E-state index in [2.05, 4.69) is 5.32 Å². The lowest BCUT2D eigenvalue weighted by molar-refractivity contribution is -0.384. The molecule has 2 aromatic rings. The lowest BCUT2D eigenvalue weighted by Crippen LogP contribution is -2.20. The van der Waals surface area contributed by atoms with E-state index in [-0.39, 0.29) is 18.1 Å². The Hall–Kier alpha value is -2.95. The summed E-state index contributed by atoms with van der Waals surface area (Å²) in [6, 6.07) is 14.0. The van der Waals surface area contributed by atoms with E-state index in [0.29, 0.717) is 5.56 Å². The second-order valence-corrected chi connectivity index (χ2v) is 4.89. The van der Waals surface area contributed by atoms with Crippen LogP contribution in [0.3, 0.4) is 0 Å². The zero-order chi connectivity index (χ0) is 15.9. The molecule has 1 amide bonds. The number of carbonyl (C=O) groups excluding carboxylic acids is 1. The first-order valence-electron chi connectivity index (χ1n) is 6.80. The molecule has 0 radical (unpaired) electrons. The summed E-state index contributed by atoms with van der Waals surface area (Å²) < 4.78 is 0. The van der Waals surface area contributed by atoms with Crippen molar-refractivity contribution in [1.82, 2.24) is 5.32 Å². The zero-order valence-electron chi connectivity index (χ0n) is 12.2. The number of hydrogen-bond donors (Lipinski definition) is 1. The zero-order valence-corrected chi connectivity index (χ0v) is 12.2. The van der Waals surface area contributed by atoms with E-state index in [1.54, 1.807) is 18.2 Å². The van der Waals surface area contributed by atoms with Crippen molar-refractivity contribution in [3.63, 3.8) is 0 Å². The highest BCUT2D eigenvalue weighted by atomic mass is 16.6. The van der Waals surface area contributed by atoms with Crippen LogP contribution in [0.25, 0.3) is 6.08 Å². The highest BCUT2D eigenvalue weighted by Gasteiger charge is 2.05. The van der Waals surface area contributed by atoms with Crippen molar-refractivity contribution >= 4 is 17.7 Å². The number of amides is 1.